The zero-order chi connectivity index (χ0) is 15.3. The summed E-state index contributed by atoms with van der Waals surface area (Å²) >= 11 is 0. The summed E-state index contributed by atoms with van der Waals surface area (Å²) in [7, 11) is 3.28. The van der Waals surface area contributed by atoms with Crippen LogP contribution in [0.5, 0.6) is 11.5 Å². The fraction of sp³-hybridized carbons (Fsp3) is 0.353. The van der Waals surface area contributed by atoms with Crippen molar-refractivity contribution < 1.29 is 9.47 Å². The van der Waals surface area contributed by atoms with Crippen LogP contribution in [-0.2, 0) is 11.8 Å². The number of methoxy groups -OCH3 is 2. The number of hydrogen-bond donors (Lipinski definition) is 1. The molecule has 1 aromatic heterocycles. The van der Waals surface area contributed by atoms with Gasteiger partial charge in [0.1, 0.15) is 0 Å². The number of benzene rings is 1. The Kier molecular flexibility index (Phi) is 4.81. The largest absolute Gasteiger partial charge is 0.493 e. The number of ether oxygens (including phenoxy) is 2. The van der Waals surface area contributed by atoms with Crippen LogP contribution in [0.1, 0.15) is 18.1 Å². The van der Waals surface area contributed by atoms with Gasteiger partial charge in [-0.05, 0) is 41.8 Å². The predicted molar refractivity (Wildman–Crippen MR) is 83.9 cm³/mol. The summed E-state index contributed by atoms with van der Waals surface area (Å²) in [5.74, 6) is 1.45. The van der Waals surface area contributed by atoms with Crippen molar-refractivity contribution in [3.63, 3.8) is 0 Å². The van der Waals surface area contributed by atoms with E-state index in [1.54, 1.807) is 26.6 Å². The van der Waals surface area contributed by atoms with E-state index in [1.165, 1.54) is 5.56 Å². The van der Waals surface area contributed by atoms with Crippen molar-refractivity contribution in [2.45, 2.75) is 18.8 Å². The first-order valence-corrected chi connectivity index (χ1v) is 6.94. The molecule has 0 aliphatic rings. The van der Waals surface area contributed by atoms with Crippen molar-refractivity contribution in [2.24, 2.45) is 5.73 Å². The first kappa shape index (κ1) is 15.3. The number of nitrogens with two attached hydrogens (primary N) is 1. The Morgan fingerprint density at radius 1 is 1.05 bits per heavy atom. The molecule has 0 saturated heterocycles. The molecule has 1 heterocycles. The van der Waals surface area contributed by atoms with Crippen molar-refractivity contribution in [3.05, 3.63) is 53.9 Å². The topological polar surface area (TPSA) is 57.4 Å². The van der Waals surface area contributed by atoms with E-state index in [0.29, 0.717) is 6.54 Å². The Balaban J connectivity index is 2.35. The Labute approximate surface area is 125 Å². The highest BCUT2D eigenvalue weighted by atomic mass is 16.5. The van der Waals surface area contributed by atoms with E-state index in [9.17, 15) is 0 Å². The first-order chi connectivity index (χ1) is 10.1. The van der Waals surface area contributed by atoms with Gasteiger partial charge in [0, 0.05) is 24.4 Å². The maximum absolute atomic E-state index is 6.06. The highest BCUT2D eigenvalue weighted by Gasteiger charge is 2.26. The number of hydrogen-bond acceptors (Lipinski definition) is 4. The van der Waals surface area contributed by atoms with E-state index in [2.05, 4.69) is 18.0 Å². The number of nitrogens with zero attached hydrogens (tertiary/aromatic N) is 1. The lowest BCUT2D eigenvalue weighted by atomic mass is 9.77. The standard InChI is InChI=1S/C17H22N2O2/c1-17(12-18,11-13-6-8-19-9-7-13)14-4-5-15(20-2)16(10-14)21-3/h4-10H,11-12,18H2,1-3H3. The maximum Gasteiger partial charge on any atom is 0.161 e. The minimum atomic E-state index is -0.166. The summed E-state index contributed by atoms with van der Waals surface area (Å²) in [5.41, 5.74) is 8.25. The SMILES string of the molecule is COc1ccc(C(C)(CN)Cc2ccncc2)cc1OC. The lowest BCUT2D eigenvalue weighted by Crippen LogP contribution is -2.34. The summed E-state index contributed by atoms with van der Waals surface area (Å²) in [6, 6.07) is 10.0. The third kappa shape index (κ3) is 3.34. The van der Waals surface area contributed by atoms with Gasteiger partial charge in [-0.1, -0.05) is 13.0 Å². The molecule has 4 heteroatoms. The van der Waals surface area contributed by atoms with Crippen LogP contribution in [0.25, 0.3) is 0 Å². The molecule has 1 atom stereocenters. The van der Waals surface area contributed by atoms with E-state index in [4.69, 9.17) is 15.2 Å². The lowest BCUT2D eigenvalue weighted by Gasteiger charge is -2.29. The predicted octanol–water partition coefficient (Wildman–Crippen LogP) is 2.56. The molecule has 1 unspecified atom stereocenters. The Bertz CT molecular complexity index is 587. The summed E-state index contributed by atoms with van der Waals surface area (Å²) in [6.07, 6.45) is 4.46. The van der Waals surface area contributed by atoms with Crippen LogP contribution in [0.3, 0.4) is 0 Å². The van der Waals surface area contributed by atoms with Gasteiger partial charge in [-0.15, -0.1) is 0 Å². The molecular formula is C17H22N2O2. The van der Waals surface area contributed by atoms with Crippen LogP contribution >= 0.6 is 0 Å². The van der Waals surface area contributed by atoms with E-state index in [-0.39, 0.29) is 5.41 Å². The zero-order valence-electron chi connectivity index (χ0n) is 12.8. The molecule has 112 valence electrons. The Morgan fingerprint density at radius 3 is 2.29 bits per heavy atom. The van der Waals surface area contributed by atoms with Crippen LogP contribution in [0.15, 0.2) is 42.7 Å². The average Bonchev–Trinajstić information content (AvgIpc) is 2.54. The lowest BCUT2D eigenvalue weighted by molar-refractivity contribution is 0.352. The smallest absolute Gasteiger partial charge is 0.161 e. The summed E-state index contributed by atoms with van der Waals surface area (Å²) < 4.78 is 10.7. The van der Waals surface area contributed by atoms with Crippen LogP contribution < -0.4 is 15.2 Å². The molecule has 0 fully saturated rings. The van der Waals surface area contributed by atoms with Gasteiger partial charge in [-0.25, -0.2) is 0 Å². The van der Waals surface area contributed by atoms with Crippen LogP contribution in [0, 0.1) is 0 Å². The van der Waals surface area contributed by atoms with Crippen molar-refractivity contribution in [1.29, 1.82) is 0 Å². The van der Waals surface area contributed by atoms with Crippen LogP contribution in [-0.4, -0.2) is 25.7 Å². The number of rotatable bonds is 6. The molecule has 0 radical (unpaired) electrons. The fourth-order valence-electron chi connectivity index (χ4n) is 2.45. The molecule has 0 saturated carbocycles. The van der Waals surface area contributed by atoms with E-state index in [1.807, 2.05) is 24.3 Å². The monoisotopic (exact) mass is 286 g/mol. The van der Waals surface area contributed by atoms with E-state index >= 15 is 0 Å². The number of pyridine rings is 1. The molecule has 0 aliphatic carbocycles. The Morgan fingerprint density at radius 2 is 1.71 bits per heavy atom. The van der Waals surface area contributed by atoms with Gasteiger partial charge in [0.25, 0.3) is 0 Å². The highest BCUT2D eigenvalue weighted by Crippen LogP contribution is 2.34. The molecule has 0 amide bonds. The van der Waals surface area contributed by atoms with Gasteiger partial charge in [0.05, 0.1) is 14.2 Å². The van der Waals surface area contributed by atoms with Gasteiger partial charge in [0.15, 0.2) is 11.5 Å². The van der Waals surface area contributed by atoms with Crippen LogP contribution in [0.4, 0.5) is 0 Å². The minimum Gasteiger partial charge on any atom is -0.493 e. The normalized spacial score (nSPS) is 13.5. The molecule has 21 heavy (non-hydrogen) atoms. The molecule has 2 rings (SSSR count). The second-order valence-corrected chi connectivity index (χ2v) is 5.37. The molecule has 0 aliphatic heterocycles. The quantitative estimate of drug-likeness (QED) is 0.886. The van der Waals surface area contributed by atoms with Crippen molar-refractivity contribution in [3.8, 4) is 11.5 Å². The fourth-order valence-corrected chi connectivity index (χ4v) is 2.45. The van der Waals surface area contributed by atoms with Gasteiger partial charge >= 0.3 is 0 Å². The van der Waals surface area contributed by atoms with Crippen LogP contribution in [0.2, 0.25) is 0 Å². The van der Waals surface area contributed by atoms with Gasteiger partial charge in [0.2, 0.25) is 0 Å². The molecule has 2 N–H and O–H groups in total. The third-order valence-corrected chi connectivity index (χ3v) is 3.87. The summed E-state index contributed by atoms with van der Waals surface area (Å²) in [6.45, 7) is 2.71. The average molecular weight is 286 g/mol. The number of aromatic nitrogens is 1. The van der Waals surface area contributed by atoms with Crippen molar-refractivity contribution in [2.75, 3.05) is 20.8 Å². The summed E-state index contributed by atoms with van der Waals surface area (Å²) in [5, 5.41) is 0. The zero-order valence-corrected chi connectivity index (χ0v) is 12.8. The van der Waals surface area contributed by atoms with Crippen molar-refractivity contribution >= 4 is 0 Å². The molecule has 0 bridgehead atoms. The van der Waals surface area contributed by atoms with Gasteiger partial charge in [-0.3, -0.25) is 4.98 Å². The highest BCUT2D eigenvalue weighted by molar-refractivity contribution is 5.45. The van der Waals surface area contributed by atoms with Gasteiger partial charge in [-0.2, -0.15) is 0 Å². The van der Waals surface area contributed by atoms with E-state index in [0.717, 1.165) is 23.5 Å². The molecular weight excluding hydrogens is 264 g/mol. The maximum atomic E-state index is 6.06. The minimum absolute atomic E-state index is 0.166. The molecule has 0 spiro atoms. The van der Waals surface area contributed by atoms with E-state index < -0.39 is 0 Å². The Hall–Kier alpha value is -2.07. The molecule has 1 aromatic carbocycles. The second kappa shape index (κ2) is 6.59. The molecule has 4 nitrogen and oxygen atoms in total. The first-order valence-electron chi connectivity index (χ1n) is 6.94. The second-order valence-electron chi connectivity index (χ2n) is 5.37. The molecule has 2 aromatic rings. The van der Waals surface area contributed by atoms with Crippen molar-refractivity contribution in [1.82, 2.24) is 4.98 Å². The third-order valence-electron chi connectivity index (χ3n) is 3.87. The summed E-state index contributed by atoms with van der Waals surface area (Å²) in [4.78, 5) is 4.06. The van der Waals surface area contributed by atoms with Gasteiger partial charge < -0.3 is 15.2 Å².